The highest BCUT2D eigenvalue weighted by Crippen LogP contribution is 2.35. The number of imidazole rings is 1. The lowest BCUT2D eigenvalue weighted by Gasteiger charge is -2.25. The third-order valence-electron chi connectivity index (χ3n) is 3.05. The Morgan fingerprint density at radius 2 is 2.35 bits per heavy atom. The molecule has 2 aromatic rings. The maximum Gasteiger partial charge on any atom is 0.0922 e. The smallest absolute Gasteiger partial charge is 0.0922 e. The average molecular weight is 245 g/mol. The molecule has 0 amide bonds. The van der Waals surface area contributed by atoms with E-state index >= 15 is 0 Å². The highest BCUT2D eigenvalue weighted by Gasteiger charge is 2.19. The Morgan fingerprint density at radius 3 is 3.24 bits per heavy atom. The molecule has 4 heteroatoms. The van der Waals surface area contributed by atoms with Gasteiger partial charge in [-0.2, -0.15) is 0 Å². The average Bonchev–Trinajstić information content (AvgIpc) is 2.89. The van der Waals surface area contributed by atoms with Crippen molar-refractivity contribution >= 4 is 11.8 Å². The Kier molecular flexibility index (Phi) is 3.16. The molecule has 0 aliphatic carbocycles. The van der Waals surface area contributed by atoms with Crippen molar-refractivity contribution < 1.29 is 0 Å². The molecule has 17 heavy (non-hydrogen) atoms. The summed E-state index contributed by atoms with van der Waals surface area (Å²) in [6.45, 7) is 0.851. The minimum Gasteiger partial charge on any atom is -0.347 e. The van der Waals surface area contributed by atoms with Gasteiger partial charge < -0.3 is 10.3 Å². The molecule has 88 valence electrons. The Hall–Kier alpha value is -1.26. The van der Waals surface area contributed by atoms with Crippen molar-refractivity contribution in [3.8, 4) is 0 Å². The number of aromatic amines is 1. The second kappa shape index (κ2) is 4.94. The second-order valence-electron chi connectivity index (χ2n) is 4.19. The fraction of sp³-hybridized carbons (Fsp3) is 0.308. The first-order chi connectivity index (χ1) is 8.43. The summed E-state index contributed by atoms with van der Waals surface area (Å²) < 4.78 is 0. The molecule has 1 aliphatic rings. The highest BCUT2D eigenvalue weighted by molar-refractivity contribution is 7.99. The van der Waals surface area contributed by atoms with E-state index in [1.807, 2.05) is 18.0 Å². The zero-order valence-electron chi connectivity index (χ0n) is 9.52. The van der Waals surface area contributed by atoms with Gasteiger partial charge in [-0.15, -0.1) is 11.8 Å². The third kappa shape index (κ3) is 2.37. The SMILES string of the molecule is c1ccc2c(c1)SCCC2NCc1cnc[nH]1. The van der Waals surface area contributed by atoms with Crippen LogP contribution < -0.4 is 5.32 Å². The van der Waals surface area contributed by atoms with Gasteiger partial charge in [0.2, 0.25) is 0 Å². The number of rotatable bonds is 3. The highest BCUT2D eigenvalue weighted by atomic mass is 32.2. The number of hydrogen-bond acceptors (Lipinski definition) is 3. The van der Waals surface area contributed by atoms with E-state index in [-0.39, 0.29) is 0 Å². The molecule has 1 aromatic carbocycles. The maximum atomic E-state index is 4.03. The summed E-state index contributed by atoms with van der Waals surface area (Å²) in [6.07, 6.45) is 4.79. The molecular weight excluding hydrogens is 230 g/mol. The maximum absolute atomic E-state index is 4.03. The standard InChI is InChI=1S/C13H15N3S/c1-2-4-13-11(3-1)12(5-6-17-13)15-8-10-7-14-9-16-10/h1-4,7,9,12,15H,5-6,8H2,(H,14,16). The van der Waals surface area contributed by atoms with Crippen molar-refractivity contribution in [2.75, 3.05) is 5.75 Å². The molecule has 2 heterocycles. The molecule has 1 atom stereocenters. The Balaban J connectivity index is 1.72. The normalized spacial score (nSPS) is 18.9. The van der Waals surface area contributed by atoms with Crippen molar-refractivity contribution in [3.63, 3.8) is 0 Å². The summed E-state index contributed by atoms with van der Waals surface area (Å²) in [5, 5.41) is 3.60. The van der Waals surface area contributed by atoms with Gasteiger partial charge in [-0.25, -0.2) is 4.98 Å². The number of nitrogens with one attached hydrogen (secondary N) is 2. The van der Waals surface area contributed by atoms with Crippen LogP contribution in [0.1, 0.15) is 23.7 Å². The summed E-state index contributed by atoms with van der Waals surface area (Å²) in [4.78, 5) is 8.57. The van der Waals surface area contributed by atoms with E-state index in [4.69, 9.17) is 0 Å². The van der Waals surface area contributed by atoms with Crippen LogP contribution in [-0.2, 0) is 6.54 Å². The van der Waals surface area contributed by atoms with Crippen LogP contribution in [0, 0.1) is 0 Å². The Bertz CT molecular complexity index is 481. The molecule has 0 bridgehead atoms. The van der Waals surface area contributed by atoms with Crippen molar-refractivity contribution in [3.05, 3.63) is 48.0 Å². The van der Waals surface area contributed by atoms with Crippen LogP contribution >= 0.6 is 11.8 Å². The van der Waals surface area contributed by atoms with Crippen LogP contribution in [-0.4, -0.2) is 15.7 Å². The van der Waals surface area contributed by atoms with Gasteiger partial charge in [0.05, 0.1) is 6.33 Å². The van der Waals surface area contributed by atoms with Gasteiger partial charge in [-0.05, 0) is 23.8 Å². The van der Waals surface area contributed by atoms with Gasteiger partial charge in [-0.3, -0.25) is 0 Å². The predicted molar refractivity (Wildman–Crippen MR) is 70.0 cm³/mol. The van der Waals surface area contributed by atoms with E-state index in [2.05, 4.69) is 39.6 Å². The molecule has 1 unspecified atom stereocenters. The summed E-state index contributed by atoms with van der Waals surface area (Å²) in [6, 6.07) is 9.14. The van der Waals surface area contributed by atoms with Crippen LogP contribution in [0.3, 0.4) is 0 Å². The summed E-state index contributed by atoms with van der Waals surface area (Å²) >= 11 is 1.96. The van der Waals surface area contributed by atoms with E-state index in [0.717, 1.165) is 12.2 Å². The van der Waals surface area contributed by atoms with Gasteiger partial charge in [0.25, 0.3) is 0 Å². The lowest BCUT2D eigenvalue weighted by Crippen LogP contribution is -2.24. The Labute approximate surface area is 105 Å². The van der Waals surface area contributed by atoms with Crippen molar-refractivity contribution in [2.45, 2.75) is 23.9 Å². The fourth-order valence-corrected chi connectivity index (χ4v) is 3.29. The molecular formula is C13H15N3S. The molecule has 3 nitrogen and oxygen atoms in total. The summed E-state index contributed by atoms with van der Waals surface area (Å²) in [5.41, 5.74) is 2.57. The quantitative estimate of drug-likeness (QED) is 0.873. The summed E-state index contributed by atoms with van der Waals surface area (Å²) in [5.74, 6) is 1.19. The van der Waals surface area contributed by atoms with Crippen LogP contribution in [0.25, 0.3) is 0 Å². The predicted octanol–water partition coefficient (Wildman–Crippen LogP) is 2.74. The molecule has 1 aliphatic heterocycles. The number of benzene rings is 1. The van der Waals surface area contributed by atoms with Crippen LogP contribution in [0.2, 0.25) is 0 Å². The molecule has 0 spiro atoms. The largest absolute Gasteiger partial charge is 0.347 e. The number of nitrogens with zero attached hydrogens (tertiary/aromatic N) is 1. The Morgan fingerprint density at radius 1 is 1.41 bits per heavy atom. The number of thioether (sulfide) groups is 1. The van der Waals surface area contributed by atoms with E-state index in [1.54, 1.807) is 6.33 Å². The lowest BCUT2D eigenvalue weighted by molar-refractivity contribution is 0.506. The minimum absolute atomic E-state index is 0.468. The number of H-pyrrole nitrogens is 1. The first-order valence-corrected chi connectivity index (χ1v) is 6.84. The van der Waals surface area contributed by atoms with Crippen molar-refractivity contribution in [1.29, 1.82) is 0 Å². The number of hydrogen-bond donors (Lipinski definition) is 2. The molecule has 0 radical (unpaired) electrons. The zero-order chi connectivity index (χ0) is 11.5. The van der Waals surface area contributed by atoms with Gasteiger partial charge in [0.1, 0.15) is 0 Å². The molecule has 2 N–H and O–H groups in total. The molecule has 3 rings (SSSR count). The topological polar surface area (TPSA) is 40.7 Å². The monoisotopic (exact) mass is 245 g/mol. The van der Waals surface area contributed by atoms with Crippen LogP contribution in [0.5, 0.6) is 0 Å². The van der Waals surface area contributed by atoms with Crippen LogP contribution in [0.4, 0.5) is 0 Å². The minimum atomic E-state index is 0.468. The molecule has 0 saturated carbocycles. The third-order valence-corrected chi connectivity index (χ3v) is 4.17. The van der Waals surface area contributed by atoms with E-state index in [1.165, 1.54) is 22.6 Å². The van der Waals surface area contributed by atoms with Crippen molar-refractivity contribution in [2.24, 2.45) is 0 Å². The number of fused-ring (bicyclic) bond motifs is 1. The lowest BCUT2D eigenvalue weighted by atomic mass is 10.0. The first kappa shape index (κ1) is 10.9. The molecule has 0 fully saturated rings. The van der Waals surface area contributed by atoms with Gasteiger partial charge in [0.15, 0.2) is 0 Å². The van der Waals surface area contributed by atoms with E-state index < -0.39 is 0 Å². The van der Waals surface area contributed by atoms with Crippen LogP contribution in [0.15, 0.2) is 41.7 Å². The zero-order valence-corrected chi connectivity index (χ0v) is 10.3. The second-order valence-corrected chi connectivity index (χ2v) is 5.32. The molecule has 0 saturated heterocycles. The van der Waals surface area contributed by atoms with Gasteiger partial charge >= 0.3 is 0 Å². The number of aromatic nitrogens is 2. The van der Waals surface area contributed by atoms with E-state index in [0.29, 0.717) is 6.04 Å². The molecule has 1 aromatic heterocycles. The van der Waals surface area contributed by atoms with E-state index in [9.17, 15) is 0 Å². The van der Waals surface area contributed by atoms with Gasteiger partial charge in [0, 0.05) is 29.4 Å². The first-order valence-electron chi connectivity index (χ1n) is 5.86. The van der Waals surface area contributed by atoms with Crippen molar-refractivity contribution in [1.82, 2.24) is 15.3 Å². The fourth-order valence-electron chi connectivity index (χ4n) is 2.17. The summed E-state index contributed by atoms with van der Waals surface area (Å²) in [7, 11) is 0. The van der Waals surface area contributed by atoms with Gasteiger partial charge in [-0.1, -0.05) is 18.2 Å².